The molecule has 5 rings (SSSR count). The van der Waals surface area contributed by atoms with Gasteiger partial charge >= 0.3 is 0 Å². The second kappa shape index (κ2) is 7.15. The first-order chi connectivity index (χ1) is 14.1. The maximum atomic E-state index is 13.2. The van der Waals surface area contributed by atoms with Gasteiger partial charge in [0.05, 0.1) is 23.3 Å². The van der Waals surface area contributed by atoms with Gasteiger partial charge in [0.2, 0.25) is 0 Å². The van der Waals surface area contributed by atoms with Crippen LogP contribution >= 0.6 is 0 Å². The van der Waals surface area contributed by atoms with E-state index in [9.17, 15) is 4.79 Å². The lowest BCUT2D eigenvalue weighted by Gasteiger charge is -2.35. The van der Waals surface area contributed by atoms with Crippen LogP contribution in [0.15, 0.2) is 28.8 Å². The van der Waals surface area contributed by atoms with Gasteiger partial charge in [0, 0.05) is 44.8 Å². The highest BCUT2D eigenvalue weighted by Gasteiger charge is 2.26. The topological polar surface area (TPSA) is 71.7 Å². The minimum Gasteiger partial charge on any atom is -0.493 e. The second-order valence-electron chi connectivity index (χ2n) is 7.87. The predicted molar refractivity (Wildman–Crippen MR) is 108 cm³/mol. The lowest BCUT2D eigenvalue weighted by molar-refractivity contribution is 0.0630. The fraction of sp³-hybridized carbons (Fsp3) is 0.409. The van der Waals surface area contributed by atoms with E-state index in [2.05, 4.69) is 33.2 Å². The molecule has 3 aromatic rings. The van der Waals surface area contributed by atoms with Crippen LogP contribution < -0.4 is 4.74 Å². The maximum Gasteiger partial charge on any atom is 0.258 e. The van der Waals surface area contributed by atoms with E-state index in [1.165, 1.54) is 11.1 Å². The highest BCUT2D eigenvalue weighted by atomic mass is 16.5. The van der Waals surface area contributed by atoms with E-state index in [-0.39, 0.29) is 5.91 Å². The van der Waals surface area contributed by atoms with Gasteiger partial charge in [0.15, 0.2) is 0 Å². The number of aromatic nitrogens is 2. The zero-order valence-electron chi connectivity index (χ0n) is 16.8. The first-order valence-corrected chi connectivity index (χ1v) is 10.1. The molecule has 2 aromatic heterocycles. The molecule has 1 amide bonds. The molecule has 1 fully saturated rings. The van der Waals surface area contributed by atoms with Crippen LogP contribution in [0.3, 0.4) is 0 Å². The lowest BCUT2D eigenvalue weighted by Crippen LogP contribution is -2.48. The van der Waals surface area contributed by atoms with Crippen LogP contribution in [0.4, 0.5) is 0 Å². The van der Waals surface area contributed by atoms with Gasteiger partial charge in [-0.1, -0.05) is 17.3 Å². The molecule has 4 heterocycles. The Balaban J connectivity index is 1.27. The third-order valence-corrected chi connectivity index (χ3v) is 5.80. The van der Waals surface area contributed by atoms with Crippen molar-refractivity contribution < 1.29 is 14.1 Å². The minimum absolute atomic E-state index is 0.0288. The smallest absolute Gasteiger partial charge is 0.258 e. The molecule has 150 valence electrons. The summed E-state index contributed by atoms with van der Waals surface area (Å²) in [7, 11) is 0. The molecule has 29 heavy (non-hydrogen) atoms. The molecule has 7 nitrogen and oxygen atoms in total. The SMILES string of the molecule is Cc1cc(C(=O)N2CCN(Cc3ccc4c(c3)CCO4)CC2)c2c(C)noc2n1. The number of fused-ring (bicyclic) bond motifs is 2. The summed E-state index contributed by atoms with van der Waals surface area (Å²) in [4.78, 5) is 21.9. The molecular formula is C22H24N4O3. The number of benzene rings is 1. The van der Waals surface area contributed by atoms with Crippen LogP contribution in [-0.2, 0) is 13.0 Å². The third-order valence-electron chi connectivity index (χ3n) is 5.80. The van der Waals surface area contributed by atoms with Gasteiger partial charge in [-0.2, -0.15) is 0 Å². The van der Waals surface area contributed by atoms with Crippen molar-refractivity contribution in [2.24, 2.45) is 0 Å². The molecule has 0 bridgehead atoms. The van der Waals surface area contributed by atoms with Crippen LogP contribution in [0.5, 0.6) is 5.75 Å². The summed E-state index contributed by atoms with van der Waals surface area (Å²) >= 11 is 0. The Kier molecular flexibility index (Phi) is 4.47. The van der Waals surface area contributed by atoms with Gasteiger partial charge in [0.25, 0.3) is 11.6 Å². The predicted octanol–water partition coefficient (Wildman–Crippen LogP) is 2.73. The maximum absolute atomic E-state index is 13.2. The van der Waals surface area contributed by atoms with E-state index in [0.717, 1.165) is 49.5 Å². The Morgan fingerprint density at radius 3 is 2.79 bits per heavy atom. The molecule has 0 saturated carbocycles. The molecule has 0 radical (unpaired) electrons. The molecule has 1 aromatic carbocycles. The largest absolute Gasteiger partial charge is 0.493 e. The molecule has 2 aliphatic rings. The highest BCUT2D eigenvalue weighted by molar-refractivity contribution is 6.06. The molecule has 0 aliphatic carbocycles. The zero-order valence-corrected chi connectivity index (χ0v) is 16.8. The molecule has 0 unspecified atom stereocenters. The number of pyridine rings is 1. The van der Waals surface area contributed by atoms with Crippen molar-refractivity contribution in [3.05, 3.63) is 52.3 Å². The number of hydrogen-bond donors (Lipinski definition) is 0. The number of aryl methyl sites for hydroxylation is 2. The van der Waals surface area contributed by atoms with Gasteiger partial charge in [-0.05, 0) is 37.1 Å². The van der Waals surface area contributed by atoms with Crippen molar-refractivity contribution in [3.63, 3.8) is 0 Å². The number of carbonyl (C=O) groups is 1. The number of hydrogen-bond acceptors (Lipinski definition) is 6. The number of piperazine rings is 1. The van der Waals surface area contributed by atoms with Gasteiger partial charge in [0.1, 0.15) is 5.75 Å². The normalized spacial score (nSPS) is 16.8. The fourth-order valence-electron chi connectivity index (χ4n) is 4.26. The average molecular weight is 392 g/mol. The van der Waals surface area contributed by atoms with E-state index in [0.29, 0.717) is 30.1 Å². The quantitative estimate of drug-likeness (QED) is 0.683. The van der Waals surface area contributed by atoms with E-state index in [4.69, 9.17) is 9.26 Å². The molecule has 0 atom stereocenters. The van der Waals surface area contributed by atoms with Crippen molar-refractivity contribution in [2.45, 2.75) is 26.8 Å². The Morgan fingerprint density at radius 2 is 1.97 bits per heavy atom. The summed E-state index contributed by atoms with van der Waals surface area (Å²) in [5.74, 6) is 1.05. The van der Waals surface area contributed by atoms with Crippen LogP contribution in [0, 0.1) is 13.8 Å². The fourth-order valence-corrected chi connectivity index (χ4v) is 4.26. The number of rotatable bonds is 3. The standard InChI is InChI=1S/C22H24N4O3/c1-14-11-18(20-15(2)24-29-21(20)23-14)22(27)26-8-6-25(7-9-26)13-16-3-4-19-17(12-16)5-10-28-19/h3-4,11-12H,5-10,13H2,1-2H3. The van der Waals surface area contributed by atoms with Crippen LogP contribution in [-0.4, -0.2) is 58.6 Å². The summed E-state index contributed by atoms with van der Waals surface area (Å²) in [5.41, 5.74) is 5.15. The first kappa shape index (κ1) is 18.1. The third kappa shape index (κ3) is 3.35. The molecule has 2 aliphatic heterocycles. The van der Waals surface area contributed by atoms with Crippen molar-refractivity contribution in [3.8, 4) is 5.75 Å². The van der Waals surface area contributed by atoms with E-state index >= 15 is 0 Å². The van der Waals surface area contributed by atoms with Gasteiger partial charge < -0.3 is 14.2 Å². The molecule has 0 spiro atoms. The van der Waals surface area contributed by atoms with E-state index in [1.54, 1.807) is 0 Å². The van der Waals surface area contributed by atoms with Crippen LogP contribution in [0.1, 0.15) is 32.9 Å². The molecule has 7 heteroatoms. The Labute approximate surface area is 169 Å². The van der Waals surface area contributed by atoms with Gasteiger partial charge in [-0.3, -0.25) is 9.69 Å². The summed E-state index contributed by atoms with van der Waals surface area (Å²) < 4.78 is 10.9. The van der Waals surface area contributed by atoms with Gasteiger partial charge in [-0.15, -0.1) is 0 Å². The van der Waals surface area contributed by atoms with E-state index < -0.39 is 0 Å². The second-order valence-corrected chi connectivity index (χ2v) is 7.87. The molecular weight excluding hydrogens is 368 g/mol. The Hall–Kier alpha value is -2.93. The molecule has 0 N–H and O–H groups in total. The van der Waals surface area contributed by atoms with E-state index in [1.807, 2.05) is 24.8 Å². The van der Waals surface area contributed by atoms with Crippen molar-refractivity contribution >= 4 is 17.0 Å². The van der Waals surface area contributed by atoms with Gasteiger partial charge in [-0.25, -0.2) is 4.98 Å². The average Bonchev–Trinajstić information content (AvgIpc) is 3.34. The summed E-state index contributed by atoms with van der Waals surface area (Å²) in [5, 5.41) is 4.71. The number of ether oxygens (including phenoxy) is 1. The number of carbonyl (C=O) groups excluding carboxylic acids is 1. The van der Waals surface area contributed by atoms with Crippen molar-refractivity contribution in [1.82, 2.24) is 19.9 Å². The summed E-state index contributed by atoms with van der Waals surface area (Å²) in [6.07, 6.45) is 0.994. The Bertz CT molecular complexity index is 1080. The van der Waals surface area contributed by atoms with Crippen LogP contribution in [0.2, 0.25) is 0 Å². The van der Waals surface area contributed by atoms with Crippen molar-refractivity contribution in [1.29, 1.82) is 0 Å². The minimum atomic E-state index is 0.0288. The Morgan fingerprint density at radius 1 is 1.14 bits per heavy atom. The monoisotopic (exact) mass is 392 g/mol. The summed E-state index contributed by atoms with van der Waals surface area (Å²) in [6.45, 7) is 8.53. The van der Waals surface area contributed by atoms with Crippen LogP contribution in [0.25, 0.3) is 11.1 Å². The first-order valence-electron chi connectivity index (χ1n) is 10.1. The molecule has 1 saturated heterocycles. The highest BCUT2D eigenvalue weighted by Crippen LogP contribution is 2.27. The zero-order chi connectivity index (χ0) is 20.0. The number of amides is 1. The summed E-state index contributed by atoms with van der Waals surface area (Å²) in [6, 6.07) is 8.32. The number of nitrogens with zero attached hydrogens (tertiary/aromatic N) is 4. The lowest BCUT2D eigenvalue weighted by atomic mass is 10.1. The van der Waals surface area contributed by atoms with Crippen molar-refractivity contribution in [2.75, 3.05) is 32.8 Å².